The van der Waals surface area contributed by atoms with Crippen molar-refractivity contribution in [1.29, 1.82) is 0 Å². The summed E-state index contributed by atoms with van der Waals surface area (Å²) >= 11 is 0. The first-order chi connectivity index (χ1) is 7.16. The van der Waals surface area contributed by atoms with Gasteiger partial charge >= 0.3 is 0 Å². The van der Waals surface area contributed by atoms with Crippen molar-refractivity contribution in [2.45, 2.75) is 13.8 Å². The van der Waals surface area contributed by atoms with E-state index in [4.69, 9.17) is 0 Å². The van der Waals surface area contributed by atoms with Gasteiger partial charge in [0.1, 0.15) is 5.75 Å². The Bertz CT molecular complexity index is 474. The first kappa shape index (κ1) is 9.71. The van der Waals surface area contributed by atoms with E-state index in [1.165, 1.54) is 0 Å². The zero-order chi connectivity index (χ0) is 10.8. The Morgan fingerprint density at radius 3 is 2.33 bits per heavy atom. The van der Waals surface area contributed by atoms with Gasteiger partial charge in [-0.3, -0.25) is 4.98 Å². The highest BCUT2D eigenvalue weighted by Crippen LogP contribution is 2.24. The predicted molar refractivity (Wildman–Crippen MR) is 60.8 cm³/mol. The summed E-state index contributed by atoms with van der Waals surface area (Å²) in [5, 5.41) is 9.42. The number of aromatic hydroxyl groups is 1. The van der Waals surface area contributed by atoms with Gasteiger partial charge in [0.05, 0.1) is 0 Å². The van der Waals surface area contributed by atoms with E-state index in [2.05, 4.69) is 4.98 Å². The normalized spacial score (nSPS) is 10.3. The minimum Gasteiger partial charge on any atom is -0.508 e. The second-order valence-corrected chi connectivity index (χ2v) is 3.69. The molecule has 0 aliphatic rings. The lowest BCUT2D eigenvalue weighted by Gasteiger charge is -2.04. The summed E-state index contributed by atoms with van der Waals surface area (Å²) in [6, 6.07) is 9.59. The van der Waals surface area contributed by atoms with Crippen molar-refractivity contribution in [2.24, 2.45) is 0 Å². The maximum Gasteiger partial charge on any atom is 0.118 e. The summed E-state index contributed by atoms with van der Waals surface area (Å²) in [6.07, 6.45) is 1.85. The SMILES string of the molecule is Cc1ccc(-c2ccc(O)c(C)c2)cn1. The minimum absolute atomic E-state index is 0.332. The molecule has 0 saturated heterocycles. The predicted octanol–water partition coefficient (Wildman–Crippen LogP) is 3.07. The Balaban J connectivity index is 2.45. The zero-order valence-electron chi connectivity index (χ0n) is 8.86. The molecule has 0 bridgehead atoms. The number of phenols is 1. The van der Waals surface area contributed by atoms with Gasteiger partial charge in [-0.15, -0.1) is 0 Å². The molecule has 1 aromatic heterocycles. The van der Waals surface area contributed by atoms with Crippen LogP contribution in [0.5, 0.6) is 5.75 Å². The maximum absolute atomic E-state index is 9.42. The van der Waals surface area contributed by atoms with Crippen LogP contribution in [0, 0.1) is 13.8 Å². The molecule has 2 nitrogen and oxygen atoms in total. The quantitative estimate of drug-likeness (QED) is 0.765. The molecule has 0 spiro atoms. The topological polar surface area (TPSA) is 33.1 Å². The van der Waals surface area contributed by atoms with E-state index in [0.717, 1.165) is 22.4 Å². The third-order valence-corrected chi connectivity index (χ3v) is 2.44. The average molecular weight is 199 g/mol. The van der Waals surface area contributed by atoms with Gasteiger partial charge in [-0.25, -0.2) is 0 Å². The van der Waals surface area contributed by atoms with Gasteiger partial charge in [0.2, 0.25) is 0 Å². The van der Waals surface area contributed by atoms with Gasteiger partial charge in [-0.05, 0) is 43.2 Å². The van der Waals surface area contributed by atoms with Crippen LogP contribution in [-0.2, 0) is 0 Å². The van der Waals surface area contributed by atoms with Crippen molar-refractivity contribution in [3.05, 3.63) is 47.8 Å². The van der Waals surface area contributed by atoms with Crippen LogP contribution >= 0.6 is 0 Å². The monoisotopic (exact) mass is 199 g/mol. The molecular weight excluding hydrogens is 186 g/mol. The molecule has 1 aromatic carbocycles. The van der Waals surface area contributed by atoms with Crippen molar-refractivity contribution in [2.75, 3.05) is 0 Å². The Hall–Kier alpha value is -1.83. The molecule has 15 heavy (non-hydrogen) atoms. The summed E-state index contributed by atoms with van der Waals surface area (Å²) in [7, 11) is 0. The molecule has 0 atom stereocenters. The van der Waals surface area contributed by atoms with E-state index in [0.29, 0.717) is 5.75 Å². The Morgan fingerprint density at radius 2 is 1.73 bits per heavy atom. The third-order valence-electron chi connectivity index (χ3n) is 2.44. The van der Waals surface area contributed by atoms with E-state index in [1.54, 1.807) is 6.07 Å². The zero-order valence-corrected chi connectivity index (χ0v) is 8.86. The van der Waals surface area contributed by atoms with E-state index in [9.17, 15) is 5.11 Å². The molecule has 0 amide bonds. The van der Waals surface area contributed by atoms with E-state index in [-0.39, 0.29) is 0 Å². The Labute approximate surface area is 89.2 Å². The smallest absolute Gasteiger partial charge is 0.118 e. The highest BCUT2D eigenvalue weighted by Gasteiger charge is 2.00. The molecule has 1 N–H and O–H groups in total. The molecule has 76 valence electrons. The lowest BCUT2D eigenvalue weighted by atomic mass is 10.0. The first-order valence-electron chi connectivity index (χ1n) is 4.89. The van der Waals surface area contributed by atoms with Crippen LogP contribution in [0.1, 0.15) is 11.3 Å². The number of aromatic nitrogens is 1. The summed E-state index contributed by atoms with van der Waals surface area (Å²) in [4.78, 5) is 4.25. The maximum atomic E-state index is 9.42. The fraction of sp³-hybridized carbons (Fsp3) is 0.154. The van der Waals surface area contributed by atoms with Crippen molar-refractivity contribution < 1.29 is 5.11 Å². The molecule has 0 aliphatic carbocycles. The van der Waals surface area contributed by atoms with Gasteiger partial charge in [-0.1, -0.05) is 12.1 Å². The lowest BCUT2D eigenvalue weighted by Crippen LogP contribution is -1.84. The standard InChI is InChI=1S/C13H13NO/c1-9-7-11(5-6-13(9)15)12-4-3-10(2)14-8-12/h3-8,15H,1-2H3. The number of pyridine rings is 1. The molecule has 2 aromatic rings. The number of hydrogen-bond acceptors (Lipinski definition) is 2. The highest BCUT2D eigenvalue weighted by molar-refractivity contribution is 5.64. The number of hydrogen-bond donors (Lipinski definition) is 1. The van der Waals surface area contributed by atoms with Crippen LogP contribution in [0.3, 0.4) is 0 Å². The Kier molecular flexibility index (Phi) is 2.42. The summed E-state index contributed by atoms with van der Waals surface area (Å²) < 4.78 is 0. The van der Waals surface area contributed by atoms with Crippen molar-refractivity contribution in [3.8, 4) is 16.9 Å². The molecule has 0 aliphatic heterocycles. The fourth-order valence-corrected chi connectivity index (χ4v) is 1.47. The molecule has 2 heteroatoms. The lowest BCUT2D eigenvalue weighted by molar-refractivity contribution is 0.471. The number of phenolic OH excluding ortho intramolecular Hbond substituents is 1. The molecule has 0 saturated carbocycles. The van der Waals surface area contributed by atoms with E-state index in [1.807, 2.05) is 44.3 Å². The fourth-order valence-electron chi connectivity index (χ4n) is 1.47. The van der Waals surface area contributed by atoms with Crippen LogP contribution < -0.4 is 0 Å². The van der Waals surface area contributed by atoms with Crippen LogP contribution in [0.25, 0.3) is 11.1 Å². The van der Waals surface area contributed by atoms with E-state index < -0.39 is 0 Å². The van der Waals surface area contributed by atoms with Crippen molar-refractivity contribution >= 4 is 0 Å². The number of rotatable bonds is 1. The highest BCUT2D eigenvalue weighted by atomic mass is 16.3. The second kappa shape index (κ2) is 3.73. The van der Waals surface area contributed by atoms with Gasteiger partial charge in [0.15, 0.2) is 0 Å². The van der Waals surface area contributed by atoms with Crippen LogP contribution in [0.4, 0.5) is 0 Å². The van der Waals surface area contributed by atoms with Crippen LogP contribution in [-0.4, -0.2) is 10.1 Å². The van der Waals surface area contributed by atoms with Crippen LogP contribution in [0.2, 0.25) is 0 Å². The molecule has 2 rings (SSSR count). The summed E-state index contributed by atoms with van der Waals surface area (Å²) in [5.41, 5.74) is 4.05. The van der Waals surface area contributed by atoms with Gasteiger partial charge < -0.3 is 5.11 Å². The molecular formula is C13H13NO. The van der Waals surface area contributed by atoms with Crippen LogP contribution in [0.15, 0.2) is 36.5 Å². The molecule has 1 heterocycles. The number of nitrogens with zero attached hydrogens (tertiary/aromatic N) is 1. The molecule has 0 radical (unpaired) electrons. The summed E-state index contributed by atoms with van der Waals surface area (Å²) in [5.74, 6) is 0.332. The average Bonchev–Trinajstić information content (AvgIpc) is 2.23. The van der Waals surface area contributed by atoms with Crippen molar-refractivity contribution in [3.63, 3.8) is 0 Å². The number of benzene rings is 1. The van der Waals surface area contributed by atoms with Crippen molar-refractivity contribution in [1.82, 2.24) is 4.98 Å². The molecule has 0 fully saturated rings. The third kappa shape index (κ3) is 1.99. The number of aryl methyl sites for hydroxylation is 2. The van der Waals surface area contributed by atoms with E-state index >= 15 is 0 Å². The van der Waals surface area contributed by atoms with Gasteiger partial charge in [0, 0.05) is 17.5 Å². The summed E-state index contributed by atoms with van der Waals surface area (Å²) in [6.45, 7) is 3.85. The first-order valence-corrected chi connectivity index (χ1v) is 4.89. The largest absolute Gasteiger partial charge is 0.508 e. The Morgan fingerprint density at radius 1 is 1.00 bits per heavy atom. The van der Waals surface area contributed by atoms with Gasteiger partial charge in [-0.2, -0.15) is 0 Å². The molecule has 0 unspecified atom stereocenters. The second-order valence-electron chi connectivity index (χ2n) is 3.69. The van der Waals surface area contributed by atoms with Gasteiger partial charge in [0.25, 0.3) is 0 Å². The minimum atomic E-state index is 0.332.